The van der Waals surface area contributed by atoms with Gasteiger partial charge in [-0.15, -0.1) is 0 Å². The molecule has 156 valence electrons. The predicted molar refractivity (Wildman–Crippen MR) is 101 cm³/mol. The summed E-state index contributed by atoms with van der Waals surface area (Å²) in [6.07, 6.45) is -2.44. The maximum absolute atomic E-state index is 12.9. The number of piperazine rings is 1. The molecule has 0 spiro atoms. The van der Waals surface area contributed by atoms with Crippen LogP contribution in [0.1, 0.15) is 18.4 Å². The van der Waals surface area contributed by atoms with Gasteiger partial charge in [-0.1, -0.05) is 6.07 Å². The highest BCUT2D eigenvalue weighted by Gasteiger charge is 2.34. The first-order chi connectivity index (χ1) is 13.2. The van der Waals surface area contributed by atoms with Crippen molar-refractivity contribution in [3.05, 3.63) is 29.8 Å². The molecular weight excluding hydrogens is 415 g/mol. The number of nitrogens with zero attached hydrogens (tertiary/aromatic N) is 2. The molecule has 11 heteroatoms. The first-order valence-electron chi connectivity index (χ1n) is 9.00. The summed E-state index contributed by atoms with van der Waals surface area (Å²) in [4.78, 5) is 1.51. The molecule has 1 N–H and O–H groups in total. The number of thiocarbonyl (C=S) groups is 1. The van der Waals surface area contributed by atoms with E-state index in [-0.39, 0.29) is 24.1 Å². The van der Waals surface area contributed by atoms with Crippen LogP contribution in [0.15, 0.2) is 29.2 Å². The Bertz CT molecular complexity index is 803. The lowest BCUT2D eigenvalue weighted by molar-refractivity contribution is -0.137. The Balaban J connectivity index is 1.58. The van der Waals surface area contributed by atoms with E-state index in [0.29, 0.717) is 30.8 Å². The van der Waals surface area contributed by atoms with E-state index in [0.717, 1.165) is 31.6 Å². The van der Waals surface area contributed by atoms with Crippen LogP contribution in [-0.2, 0) is 20.9 Å². The zero-order chi connectivity index (χ0) is 20.4. The smallest absolute Gasteiger partial charge is 0.376 e. The summed E-state index contributed by atoms with van der Waals surface area (Å²) < 4.78 is 70.8. The van der Waals surface area contributed by atoms with Crippen LogP contribution in [0, 0.1) is 0 Å². The first kappa shape index (κ1) is 21.3. The van der Waals surface area contributed by atoms with Gasteiger partial charge in [0.05, 0.1) is 16.6 Å². The monoisotopic (exact) mass is 437 g/mol. The lowest BCUT2D eigenvalue weighted by Crippen LogP contribution is -2.53. The van der Waals surface area contributed by atoms with Crippen molar-refractivity contribution >= 4 is 27.4 Å². The molecule has 1 aromatic carbocycles. The number of hydrogen-bond donors (Lipinski definition) is 1. The van der Waals surface area contributed by atoms with Crippen molar-refractivity contribution in [3.63, 3.8) is 0 Å². The fraction of sp³-hybridized carbons (Fsp3) is 0.588. The van der Waals surface area contributed by atoms with Crippen LogP contribution in [0.2, 0.25) is 0 Å². The molecule has 1 aromatic rings. The van der Waals surface area contributed by atoms with E-state index < -0.39 is 21.8 Å². The number of hydrogen-bond acceptors (Lipinski definition) is 4. The van der Waals surface area contributed by atoms with Crippen molar-refractivity contribution in [2.24, 2.45) is 0 Å². The van der Waals surface area contributed by atoms with Crippen molar-refractivity contribution in [3.8, 4) is 0 Å². The van der Waals surface area contributed by atoms with Crippen LogP contribution in [0.25, 0.3) is 0 Å². The lowest BCUT2D eigenvalue weighted by Gasteiger charge is -2.35. The fourth-order valence-electron chi connectivity index (χ4n) is 3.23. The van der Waals surface area contributed by atoms with E-state index in [9.17, 15) is 21.6 Å². The highest BCUT2D eigenvalue weighted by molar-refractivity contribution is 7.89. The Kier molecular flexibility index (Phi) is 6.47. The highest BCUT2D eigenvalue weighted by atomic mass is 32.2. The molecule has 0 saturated carbocycles. The first-order valence-corrected chi connectivity index (χ1v) is 10.8. The number of ether oxygens (including phenoxy) is 1. The molecule has 0 radical (unpaired) electrons. The van der Waals surface area contributed by atoms with Crippen LogP contribution < -0.4 is 5.32 Å². The van der Waals surface area contributed by atoms with Crippen molar-refractivity contribution in [1.82, 2.24) is 14.5 Å². The maximum Gasteiger partial charge on any atom is 0.416 e. The number of halogens is 3. The molecule has 2 fully saturated rings. The van der Waals surface area contributed by atoms with Gasteiger partial charge in [0, 0.05) is 39.3 Å². The van der Waals surface area contributed by atoms with Crippen molar-refractivity contribution in [2.75, 3.05) is 39.3 Å². The third-order valence-electron chi connectivity index (χ3n) is 4.83. The summed E-state index contributed by atoms with van der Waals surface area (Å²) in [5.41, 5.74) is -0.980. The number of alkyl halides is 3. The third-order valence-corrected chi connectivity index (χ3v) is 7.13. The molecule has 0 aliphatic carbocycles. The Morgan fingerprint density at radius 2 is 1.96 bits per heavy atom. The van der Waals surface area contributed by atoms with Gasteiger partial charge in [0.25, 0.3) is 0 Å². The largest absolute Gasteiger partial charge is 0.416 e. The Hall–Kier alpha value is -1.43. The van der Waals surface area contributed by atoms with Crippen LogP contribution in [0.3, 0.4) is 0 Å². The van der Waals surface area contributed by atoms with Gasteiger partial charge < -0.3 is 15.0 Å². The van der Waals surface area contributed by atoms with E-state index in [1.807, 2.05) is 4.90 Å². The molecular formula is C17H22F3N3O3S2. The molecule has 2 aliphatic rings. The lowest BCUT2D eigenvalue weighted by atomic mass is 10.2. The van der Waals surface area contributed by atoms with Crippen LogP contribution >= 0.6 is 12.2 Å². The molecule has 3 rings (SSSR count). The van der Waals surface area contributed by atoms with E-state index in [2.05, 4.69) is 5.32 Å². The Morgan fingerprint density at radius 3 is 2.57 bits per heavy atom. The van der Waals surface area contributed by atoms with Gasteiger partial charge in [0.1, 0.15) is 0 Å². The van der Waals surface area contributed by atoms with Crippen LogP contribution in [0.4, 0.5) is 13.2 Å². The average Bonchev–Trinajstić information content (AvgIpc) is 3.19. The van der Waals surface area contributed by atoms with Crippen molar-refractivity contribution in [2.45, 2.75) is 30.0 Å². The minimum Gasteiger partial charge on any atom is -0.376 e. The SMILES string of the molecule is O=S(=O)(c1cccc(C(F)(F)F)c1)N1CCN(C(=S)NC[C@@H]2CCCO2)CC1. The molecule has 0 aromatic heterocycles. The number of benzene rings is 1. The number of nitrogens with one attached hydrogen (secondary N) is 1. The molecule has 2 heterocycles. The van der Waals surface area contributed by atoms with Gasteiger partial charge in [-0.25, -0.2) is 8.42 Å². The van der Waals surface area contributed by atoms with Gasteiger partial charge in [-0.3, -0.25) is 0 Å². The Labute approximate surface area is 167 Å². The minimum absolute atomic E-state index is 0.139. The summed E-state index contributed by atoms with van der Waals surface area (Å²) in [6.45, 7) is 2.42. The standard InChI is InChI=1S/C17H22F3N3O3S2/c18-17(19,20)13-3-1-5-15(11-13)28(24,25)23-8-6-22(7-9-23)16(27)21-12-14-4-2-10-26-14/h1,3,5,11,14H,2,4,6-10,12H2,(H,21,27)/t14-/m0/s1. The number of sulfonamides is 1. The highest BCUT2D eigenvalue weighted by Crippen LogP contribution is 2.31. The van der Waals surface area contributed by atoms with E-state index >= 15 is 0 Å². The van der Waals surface area contributed by atoms with Crippen molar-refractivity contribution < 1.29 is 26.3 Å². The van der Waals surface area contributed by atoms with Gasteiger partial charge in [-0.2, -0.15) is 17.5 Å². The molecule has 2 aliphatic heterocycles. The number of rotatable bonds is 4. The van der Waals surface area contributed by atoms with E-state index in [4.69, 9.17) is 17.0 Å². The molecule has 0 unspecified atom stereocenters. The van der Waals surface area contributed by atoms with E-state index in [1.54, 1.807) is 0 Å². The summed E-state index contributed by atoms with van der Waals surface area (Å²) in [7, 11) is -4.00. The second kappa shape index (κ2) is 8.52. The minimum atomic E-state index is -4.59. The maximum atomic E-state index is 12.9. The summed E-state index contributed by atoms with van der Waals surface area (Å²) in [5.74, 6) is 0. The molecule has 6 nitrogen and oxygen atoms in total. The van der Waals surface area contributed by atoms with Gasteiger partial charge in [-0.05, 0) is 43.3 Å². The summed E-state index contributed by atoms with van der Waals surface area (Å²) in [5, 5.41) is 3.68. The van der Waals surface area contributed by atoms with Crippen molar-refractivity contribution in [1.29, 1.82) is 0 Å². The third kappa shape index (κ3) is 4.94. The fourth-order valence-corrected chi connectivity index (χ4v) is 4.97. The van der Waals surface area contributed by atoms with Gasteiger partial charge in [0.15, 0.2) is 5.11 Å². The quantitative estimate of drug-likeness (QED) is 0.728. The predicted octanol–water partition coefficient (Wildman–Crippen LogP) is 2.07. The van der Waals surface area contributed by atoms with E-state index in [1.165, 1.54) is 10.4 Å². The average molecular weight is 438 g/mol. The van der Waals surface area contributed by atoms with Gasteiger partial charge >= 0.3 is 6.18 Å². The zero-order valence-electron chi connectivity index (χ0n) is 15.1. The topological polar surface area (TPSA) is 61.9 Å². The molecule has 2 saturated heterocycles. The summed E-state index contributed by atoms with van der Waals surface area (Å²) in [6, 6.07) is 3.82. The second-order valence-electron chi connectivity index (χ2n) is 6.74. The zero-order valence-corrected chi connectivity index (χ0v) is 16.7. The van der Waals surface area contributed by atoms with Crippen LogP contribution in [-0.4, -0.2) is 68.2 Å². The molecule has 28 heavy (non-hydrogen) atoms. The summed E-state index contributed by atoms with van der Waals surface area (Å²) >= 11 is 5.36. The molecule has 0 bridgehead atoms. The second-order valence-corrected chi connectivity index (χ2v) is 9.06. The Morgan fingerprint density at radius 1 is 1.25 bits per heavy atom. The molecule has 1 atom stereocenters. The molecule has 0 amide bonds. The van der Waals surface area contributed by atoms with Gasteiger partial charge in [0.2, 0.25) is 10.0 Å². The van der Waals surface area contributed by atoms with Crippen LogP contribution in [0.5, 0.6) is 0 Å². The normalized spacial score (nSPS) is 21.7.